The predicted octanol–water partition coefficient (Wildman–Crippen LogP) is 9.50. The van der Waals surface area contributed by atoms with Crippen molar-refractivity contribution in [1.29, 1.82) is 0 Å². The number of nitrogens with one attached hydrogen (secondary N) is 2. The number of para-hydroxylation sites is 1. The van der Waals surface area contributed by atoms with E-state index in [1.54, 1.807) is 22.9 Å². The Morgan fingerprint density at radius 3 is 2.56 bits per heavy atom. The quantitative estimate of drug-likeness (QED) is 0.126. The number of unbranched alkanes of at least 4 members (excludes halogenated alkanes) is 3. The summed E-state index contributed by atoms with van der Waals surface area (Å²) in [5, 5.41) is 5.91. The van der Waals surface area contributed by atoms with Crippen LogP contribution < -0.4 is 15.0 Å². The van der Waals surface area contributed by atoms with Crippen LogP contribution >= 0.6 is 23.4 Å². The molecular weight excluding hydrogens is 640 g/mol. The van der Waals surface area contributed by atoms with Gasteiger partial charge in [-0.2, -0.15) is 0 Å². The van der Waals surface area contributed by atoms with E-state index in [9.17, 15) is 9.59 Å². The fourth-order valence-corrected chi connectivity index (χ4v) is 7.27. The van der Waals surface area contributed by atoms with Crippen LogP contribution in [0.5, 0.6) is 5.75 Å². The van der Waals surface area contributed by atoms with Crippen molar-refractivity contribution in [2.24, 2.45) is 0 Å². The molecule has 0 fully saturated rings. The number of halogens is 1. The Kier molecular flexibility index (Phi) is 9.63. The van der Waals surface area contributed by atoms with Crippen LogP contribution in [0.3, 0.4) is 0 Å². The molecule has 3 heterocycles. The number of aryl methyl sites for hydroxylation is 1. The highest BCUT2D eigenvalue weighted by Crippen LogP contribution is 2.49. The van der Waals surface area contributed by atoms with Gasteiger partial charge in [0.25, 0.3) is 5.91 Å². The molecule has 1 aliphatic rings. The van der Waals surface area contributed by atoms with Gasteiger partial charge in [0.15, 0.2) is 0 Å². The van der Waals surface area contributed by atoms with E-state index >= 15 is 0 Å². The van der Waals surface area contributed by atoms with Crippen LogP contribution in [0.2, 0.25) is 5.02 Å². The summed E-state index contributed by atoms with van der Waals surface area (Å²) in [5.41, 5.74) is 5.49. The maximum Gasteiger partial charge on any atom is 0.262 e. The average Bonchev–Trinajstić information content (AvgIpc) is 3.49. The highest BCUT2D eigenvalue weighted by Gasteiger charge is 2.29. The molecule has 1 aliphatic heterocycles. The van der Waals surface area contributed by atoms with E-state index < -0.39 is 0 Å². The van der Waals surface area contributed by atoms with E-state index in [1.807, 2.05) is 79.0 Å². The zero-order valence-corrected chi connectivity index (χ0v) is 27.9. The lowest BCUT2D eigenvalue weighted by Gasteiger charge is -2.31. The van der Waals surface area contributed by atoms with Crippen LogP contribution in [-0.4, -0.2) is 34.9 Å². The third-order valence-electron chi connectivity index (χ3n) is 8.56. The van der Waals surface area contributed by atoms with E-state index in [1.165, 1.54) is 0 Å². The normalized spacial score (nSPS) is 12.1. The van der Waals surface area contributed by atoms with Crippen molar-refractivity contribution in [3.8, 4) is 5.75 Å². The van der Waals surface area contributed by atoms with Crippen LogP contribution in [-0.2, 0) is 11.2 Å². The maximum absolute atomic E-state index is 13.8. The summed E-state index contributed by atoms with van der Waals surface area (Å²) in [5.74, 6) is 0.699. The van der Waals surface area contributed by atoms with Crippen LogP contribution in [0.1, 0.15) is 48.0 Å². The number of hydrogen-bond acceptors (Lipinski definition) is 5. The number of hydrogen-bond donors (Lipinski definition) is 2. The minimum atomic E-state index is -0.116. The second kappa shape index (κ2) is 14.5. The first kappa shape index (κ1) is 31.8. The van der Waals surface area contributed by atoms with Gasteiger partial charge in [-0.1, -0.05) is 60.5 Å². The monoisotopic (exact) mass is 674 g/mol. The second-order valence-electron chi connectivity index (χ2n) is 11.9. The van der Waals surface area contributed by atoms with Gasteiger partial charge in [-0.3, -0.25) is 19.5 Å². The fraction of sp³-hybridized carbons (Fsp3) is 0.205. The predicted molar refractivity (Wildman–Crippen MR) is 194 cm³/mol. The van der Waals surface area contributed by atoms with Gasteiger partial charge in [-0.15, -0.1) is 0 Å². The number of carbonyl (C=O) groups is 2. The van der Waals surface area contributed by atoms with Crippen molar-refractivity contribution >= 4 is 68.4 Å². The Morgan fingerprint density at radius 1 is 0.833 bits per heavy atom. The number of fused-ring (bicyclic) bond motifs is 5. The van der Waals surface area contributed by atoms with Crippen molar-refractivity contribution < 1.29 is 14.3 Å². The SMILES string of the molecule is O=C(CCc1ccc2c(c1)[nH]c1ccncc12)NCCCCCCOc1ccc(C(=O)N2c3ccccc3Sc3ccc(Cl)cc32)cc1. The molecule has 2 aromatic heterocycles. The Morgan fingerprint density at radius 2 is 1.67 bits per heavy atom. The number of H-pyrrole nitrogens is 1. The summed E-state index contributed by atoms with van der Waals surface area (Å²) in [6.45, 7) is 1.28. The number of pyridine rings is 1. The van der Waals surface area contributed by atoms with Gasteiger partial charge in [0, 0.05) is 67.5 Å². The third kappa shape index (κ3) is 7.05. The van der Waals surface area contributed by atoms with E-state index in [0.29, 0.717) is 36.6 Å². The van der Waals surface area contributed by atoms with Crippen LogP contribution in [0.25, 0.3) is 21.8 Å². The number of amides is 2. The highest BCUT2D eigenvalue weighted by molar-refractivity contribution is 7.99. The van der Waals surface area contributed by atoms with Crippen LogP contribution in [0, 0.1) is 0 Å². The van der Waals surface area contributed by atoms with Crippen molar-refractivity contribution in [1.82, 2.24) is 15.3 Å². The first-order valence-electron chi connectivity index (χ1n) is 16.3. The molecule has 0 bridgehead atoms. The first-order chi connectivity index (χ1) is 23.5. The standard InChI is InChI=1S/C39H35ClN4O3S/c40-28-13-17-37-35(24-28)44(34-7-3-4-8-36(34)48-37)39(46)27-11-14-29(15-12-27)47-22-6-2-1-5-20-42-38(45)18-10-26-9-16-30-31-25-41-21-19-32(31)43-33(30)23-26/h3-4,7-9,11-17,19,21,23-25,43H,1-2,5-6,10,18,20,22H2,(H,42,45). The largest absolute Gasteiger partial charge is 0.494 e. The van der Waals surface area contributed by atoms with Crippen molar-refractivity contribution in [2.75, 3.05) is 18.1 Å². The van der Waals surface area contributed by atoms with E-state index in [4.69, 9.17) is 16.3 Å². The number of ether oxygens (including phenoxy) is 1. The molecule has 48 heavy (non-hydrogen) atoms. The molecule has 9 heteroatoms. The molecule has 7 rings (SSSR count). The van der Waals surface area contributed by atoms with Gasteiger partial charge in [0.05, 0.1) is 18.0 Å². The lowest BCUT2D eigenvalue weighted by atomic mass is 10.1. The van der Waals surface area contributed by atoms with Gasteiger partial charge in [0.2, 0.25) is 5.91 Å². The average molecular weight is 675 g/mol. The van der Waals surface area contributed by atoms with Crippen LogP contribution in [0.15, 0.2) is 113 Å². The van der Waals surface area contributed by atoms with Gasteiger partial charge >= 0.3 is 0 Å². The first-order valence-corrected chi connectivity index (χ1v) is 17.5. The molecule has 4 aromatic carbocycles. The molecule has 0 radical (unpaired) electrons. The maximum atomic E-state index is 13.8. The molecule has 242 valence electrons. The number of anilines is 2. The topological polar surface area (TPSA) is 87.3 Å². The number of benzene rings is 4. The third-order valence-corrected chi connectivity index (χ3v) is 9.92. The van der Waals surface area contributed by atoms with Crippen LogP contribution in [0.4, 0.5) is 11.4 Å². The summed E-state index contributed by atoms with van der Waals surface area (Å²) >= 11 is 7.96. The van der Waals surface area contributed by atoms with Gasteiger partial charge in [-0.25, -0.2) is 0 Å². The zero-order valence-electron chi connectivity index (χ0n) is 26.4. The number of aromatic nitrogens is 2. The molecular formula is C39H35ClN4O3S. The summed E-state index contributed by atoms with van der Waals surface area (Å²) in [7, 11) is 0. The van der Waals surface area contributed by atoms with E-state index in [2.05, 4.69) is 33.5 Å². The number of aromatic amines is 1. The smallest absolute Gasteiger partial charge is 0.262 e. The minimum absolute atomic E-state index is 0.0811. The Bertz CT molecular complexity index is 2100. The lowest BCUT2D eigenvalue weighted by molar-refractivity contribution is -0.121. The molecule has 0 saturated heterocycles. The molecule has 0 unspecified atom stereocenters. The Labute approximate surface area is 288 Å². The van der Waals surface area contributed by atoms with Gasteiger partial charge in [0.1, 0.15) is 5.75 Å². The van der Waals surface area contributed by atoms with Crippen molar-refractivity contribution in [3.63, 3.8) is 0 Å². The number of rotatable bonds is 12. The molecule has 6 aromatic rings. The molecule has 0 atom stereocenters. The molecule has 2 amide bonds. The lowest BCUT2D eigenvalue weighted by Crippen LogP contribution is -2.28. The number of carbonyl (C=O) groups excluding carboxylic acids is 2. The molecule has 0 spiro atoms. The summed E-state index contributed by atoms with van der Waals surface area (Å²) < 4.78 is 5.96. The summed E-state index contributed by atoms with van der Waals surface area (Å²) in [6.07, 6.45) is 8.72. The Balaban J connectivity index is 0.812. The molecule has 0 saturated carbocycles. The van der Waals surface area contributed by atoms with Gasteiger partial charge in [-0.05, 0) is 91.6 Å². The number of nitrogens with zero attached hydrogens (tertiary/aromatic N) is 2. The zero-order chi connectivity index (χ0) is 32.9. The van der Waals surface area contributed by atoms with Crippen molar-refractivity contribution in [2.45, 2.75) is 48.3 Å². The second-order valence-corrected chi connectivity index (χ2v) is 13.4. The molecule has 7 nitrogen and oxygen atoms in total. The van der Waals surface area contributed by atoms with Gasteiger partial charge < -0.3 is 15.0 Å². The fourth-order valence-electron chi connectivity index (χ4n) is 6.06. The highest BCUT2D eigenvalue weighted by atomic mass is 35.5. The van der Waals surface area contributed by atoms with Crippen molar-refractivity contribution in [3.05, 3.63) is 120 Å². The summed E-state index contributed by atoms with van der Waals surface area (Å²) in [4.78, 5) is 37.6. The van der Waals surface area contributed by atoms with E-state index in [-0.39, 0.29) is 11.8 Å². The molecule has 0 aliphatic carbocycles. The van der Waals surface area contributed by atoms with E-state index in [0.717, 1.165) is 80.0 Å². The summed E-state index contributed by atoms with van der Waals surface area (Å²) in [6, 6.07) is 29.2. The minimum Gasteiger partial charge on any atom is -0.494 e. The Hall–Kier alpha value is -4.79. The molecule has 2 N–H and O–H groups in total.